The van der Waals surface area contributed by atoms with Crippen LogP contribution in [0.25, 0.3) is 0 Å². The Hall–Kier alpha value is -0.280. The van der Waals surface area contributed by atoms with E-state index in [0.717, 1.165) is 32.0 Å². The summed E-state index contributed by atoms with van der Waals surface area (Å²) in [6, 6.07) is 0. The highest BCUT2D eigenvalue weighted by Gasteiger charge is 2.02. The fourth-order valence-corrected chi connectivity index (χ4v) is 0.813. The first-order valence-corrected chi connectivity index (χ1v) is 3.19. The summed E-state index contributed by atoms with van der Waals surface area (Å²) in [7, 11) is 1.70. The molecule has 0 bridgehead atoms. The van der Waals surface area contributed by atoms with Crippen LogP contribution in [-0.2, 0) is 4.74 Å². The summed E-state index contributed by atoms with van der Waals surface area (Å²) >= 11 is 0. The third-order valence-corrected chi connectivity index (χ3v) is 1.29. The molecular formula is C6H13ClN2O. The number of ether oxygens (including phenoxy) is 1. The summed E-state index contributed by atoms with van der Waals surface area (Å²) in [5, 5.41) is 3.16. The first kappa shape index (κ1) is 9.72. The lowest BCUT2D eigenvalue weighted by Crippen LogP contribution is -2.19. The molecule has 0 amide bonds. The van der Waals surface area contributed by atoms with Crippen molar-refractivity contribution >= 4 is 18.2 Å². The summed E-state index contributed by atoms with van der Waals surface area (Å²) in [6.07, 6.45) is 0.927. The van der Waals surface area contributed by atoms with Crippen molar-refractivity contribution in [2.24, 2.45) is 4.99 Å². The summed E-state index contributed by atoms with van der Waals surface area (Å²) in [4.78, 5) is 4.20. The second kappa shape index (κ2) is 5.50. The molecule has 0 unspecified atom stereocenters. The van der Waals surface area contributed by atoms with Crippen molar-refractivity contribution in [1.82, 2.24) is 5.32 Å². The normalized spacial score (nSPS) is 15.5. The predicted molar refractivity (Wildman–Crippen MR) is 44.0 cm³/mol. The number of hydrogen-bond donors (Lipinski definition) is 1. The van der Waals surface area contributed by atoms with Gasteiger partial charge in [-0.15, -0.1) is 12.4 Å². The third-order valence-electron chi connectivity index (χ3n) is 1.29. The lowest BCUT2D eigenvalue weighted by Gasteiger charge is -1.98. The quantitative estimate of drug-likeness (QED) is 0.657. The van der Waals surface area contributed by atoms with E-state index in [9.17, 15) is 0 Å². The van der Waals surface area contributed by atoms with Crippen LogP contribution in [0.3, 0.4) is 0 Å². The summed E-state index contributed by atoms with van der Waals surface area (Å²) in [6.45, 7) is 2.70. The second-order valence-electron chi connectivity index (χ2n) is 2.00. The zero-order valence-corrected chi connectivity index (χ0v) is 6.91. The number of aliphatic imine (C=N–C) groups is 1. The van der Waals surface area contributed by atoms with Crippen molar-refractivity contribution in [2.75, 3.05) is 26.8 Å². The molecule has 1 aliphatic heterocycles. The van der Waals surface area contributed by atoms with Crippen LogP contribution in [0.2, 0.25) is 0 Å². The Labute approximate surface area is 67.3 Å². The zero-order valence-electron chi connectivity index (χ0n) is 6.09. The van der Waals surface area contributed by atoms with Gasteiger partial charge in [-0.2, -0.15) is 0 Å². The molecule has 0 aromatic heterocycles. The summed E-state index contributed by atoms with van der Waals surface area (Å²) < 4.78 is 4.88. The zero-order chi connectivity index (χ0) is 6.53. The maximum absolute atomic E-state index is 4.88. The smallest absolute Gasteiger partial charge is 0.0987 e. The molecule has 3 nitrogen and oxygen atoms in total. The number of halogens is 1. The Balaban J connectivity index is 0.000000810. The van der Waals surface area contributed by atoms with Crippen molar-refractivity contribution in [1.29, 1.82) is 0 Å². The Bertz CT molecular complexity index is 116. The molecule has 0 saturated carbocycles. The SMILES string of the molecule is COCCC1=NCCN1.Cl. The van der Waals surface area contributed by atoms with Crippen molar-refractivity contribution in [3.05, 3.63) is 0 Å². The molecule has 1 N–H and O–H groups in total. The molecule has 10 heavy (non-hydrogen) atoms. The van der Waals surface area contributed by atoms with Gasteiger partial charge in [0.1, 0.15) is 0 Å². The minimum atomic E-state index is 0. The van der Waals surface area contributed by atoms with Crippen LogP contribution in [-0.4, -0.2) is 32.6 Å². The van der Waals surface area contributed by atoms with E-state index < -0.39 is 0 Å². The Kier molecular flexibility index (Phi) is 5.35. The average molecular weight is 165 g/mol. The first-order valence-electron chi connectivity index (χ1n) is 3.19. The molecular weight excluding hydrogens is 152 g/mol. The van der Waals surface area contributed by atoms with Gasteiger partial charge >= 0.3 is 0 Å². The molecule has 0 aromatic carbocycles. The Morgan fingerprint density at radius 2 is 2.50 bits per heavy atom. The fraction of sp³-hybridized carbons (Fsp3) is 0.833. The van der Waals surface area contributed by atoms with Gasteiger partial charge in [0.15, 0.2) is 0 Å². The largest absolute Gasteiger partial charge is 0.384 e. The van der Waals surface area contributed by atoms with Gasteiger partial charge in [-0.1, -0.05) is 0 Å². The van der Waals surface area contributed by atoms with Crippen molar-refractivity contribution in [2.45, 2.75) is 6.42 Å². The maximum Gasteiger partial charge on any atom is 0.0987 e. The Morgan fingerprint density at radius 1 is 1.70 bits per heavy atom. The van der Waals surface area contributed by atoms with E-state index in [0.29, 0.717) is 0 Å². The minimum Gasteiger partial charge on any atom is -0.384 e. The van der Waals surface area contributed by atoms with Gasteiger partial charge in [-0.25, -0.2) is 0 Å². The van der Waals surface area contributed by atoms with Crippen LogP contribution in [0, 0.1) is 0 Å². The van der Waals surface area contributed by atoms with Crippen molar-refractivity contribution < 1.29 is 4.74 Å². The number of rotatable bonds is 3. The fourth-order valence-electron chi connectivity index (χ4n) is 0.813. The highest BCUT2D eigenvalue weighted by molar-refractivity contribution is 5.85. The van der Waals surface area contributed by atoms with E-state index in [2.05, 4.69) is 10.3 Å². The van der Waals surface area contributed by atoms with Crippen molar-refractivity contribution in [3.63, 3.8) is 0 Å². The van der Waals surface area contributed by atoms with Gasteiger partial charge in [0.2, 0.25) is 0 Å². The van der Waals surface area contributed by atoms with Gasteiger partial charge in [0.05, 0.1) is 19.0 Å². The van der Waals surface area contributed by atoms with Crippen LogP contribution in [0.4, 0.5) is 0 Å². The van der Waals surface area contributed by atoms with E-state index in [1.54, 1.807) is 7.11 Å². The highest BCUT2D eigenvalue weighted by atomic mass is 35.5. The van der Waals surface area contributed by atoms with E-state index >= 15 is 0 Å². The molecule has 1 rings (SSSR count). The average Bonchev–Trinajstić information content (AvgIpc) is 2.34. The highest BCUT2D eigenvalue weighted by Crippen LogP contribution is 1.90. The third kappa shape index (κ3) is 3.03. The number of nitrogens with one attached hydrogen (secondary N) is 1. The van der Waals surface area contributed by atoms with Gasteiger partial charge in [-0.05, 0) is 0 Å². The van der Waals surface area contributed by atoms with Crippen LogP contribution in [0.1, 0.15) is 6.42 Å². The van der Waals surface area contributed by atoms with Gasteiger partial charge in [-0.3, -0.25) is 4.99 Å². The minimum absolute atomic E-state index is 0. The molecule has 0 radical (unpaired) electrons. The monoisotopic (exact) mass is 164 g/mol. The van der Waals surface area contributed by atoms with Gasteiger partial charge < -0.3 is 10.1 Å². The molecule has 0 fully saturated rings. The van der Waals surface area contributed by atoms with E-state index in [1.165, 1.54) is 0 Å². The molecule has 0 aliphatic carbocycles. The summed E-state index contributed by atoms with van der Waals surface area (Å²) in [5.74, 6) is 1.09. The van der Waals surface area contributed by atoms with Crippen LogP contribution >= 0.6 is 12.4 Å². The van der Waals surface area contributed by atoms with Crippen molar-refractivity contribution in [3.8, 4) is 0 Å². The van der Waals surface area contributed by atoms with Crippen LogP contribution < -0.4 is 5.32 Å². The Morgan fingerprint density at radius 3 is 3.00 bits per heavy atom. The molecule has 0 spiro atoms. The van der Waals surface area contributed by atoms with E-state index in [4.69, 9.17) is 4.74 Å². The standard InChI is InChI=1S/C6H12N2O.ClH/c1-9-5-2-6-7-3-4-8-6;/h2-5H2,1H3,(H,7,8);1H. The predicted octanol–water partition coefficient (Wildman–Crippen LogP) is 0.446. The number of nitrogens with zero attached hydrogens (tertiary/aromatic N) is 1. The first-order chi connectivity index (χ1) is 4.43. The summed E-state index contributed by atoms with van der Waals surface area (Å²) in [5.41, 5.74) is 0. The van der Waals surface area contributed by atoms with E-state index in [1.807, 2.05) is 0 Å². The lowest BCUT2D eigenvalue weighted by atomic mass is 10.4. The maximum atomic E-state index is 4.88. The topological polar surface area (TPSA) is 33.6 Å². The second-order valence-corrected chi connectivity index (χ2v) is 2.00. The molecule has 60 valence electrons. The van der Waals surface area contributed by atoms with Gasteiger partial charge in [0, 0.05) is 20.1 Å². The van der Waals surface area contributed by atoms with E-state index in [-0.39, 0.29) is 12.4 Å². The lowest BCUT2D eigenvalue weighted by molar-refractivity contribution is 0.207. The number of amidine groups is 1. The van der Waals surface area contributed by atoms with Gasteiger partial charge in [0.25, 0.3) is 0 Å². The molecule has 1 heterocycles. The molecule has 0 atom stereocenters. The molecule has 0 saturated heterocycles. The van der Waals surface area contributed by atoms with Crippen LogP contribution in [0.5, 0.6) is 0 Å². The van der Waals surface area contributed by atoms with Crippen LogP contribution in [0.15, 0.2) is 4.99 Å². The number of methoxy groups -OCH3 is 1. The molecule has 4 heteroatoms. The number of hydrogen-bond acceptors (Lipinski definition) is 3. The molecule has 1 aliphatic rings. The molecule has 0 aromatic rings.